The predicted molar refractivity (Wildman–Crippen MR) is 113 cm³/mol. The van der Waals surface area contributed by atoms with Crippen LogP contribution in [0.5, 0.6) is 0 Å². The highest BCUT2D eigenvalue weighted by Gasteiger charge is 2.20. The minimum Gasteiger partial charge on any atom is -0.349 e. The van der Waals surface area contributed by atoms with Gasteiger partial charge in [0.25, 0.3) is 0 Å². The maximum atomic E-state index is 12.5. The predicted octanol–water partition coefficient (Wildman–Crippen LogP) is 3.97. The third-order valence-electron chi connectivity index (χ3n) is 5.01. The SMILES string of the molecule is CC[C@@H](NC(=O)CCCN(C)S(=O)(=O)c1ccccc1)c1ccc(C)c(C)c1. The number of carbonyl (C=O) groups is 1. The van der Waals surface area contributed by atoms with Crippen LogP contribution < -0.4 is 5.32 Å². The van der Waals surface area contributed by atoms with Crippen molar-refractivity contribution in [2.45, 2.75) is 51.0 Å². The molecule has 0 fully saturated rings. The Hall–Kier alpha value is -2.18. The molecule has 0 radical (unpaired) electrons. The van der Waals surface area contributed by atoms with E-state index in [0.717, 1.165) is 12.0 Å². The molecule has 2 aromatic rings. The molecule has 1 amide bonds. The van der Waals surface area contributed by atoms with E-state index in [2.05, 4.69) is 37.4 Å². The summed E-state index contributed by atoms with van der Waals surface area (Å²) in [6.45, 7) is 6.47. The zero-order valence-electron chi connectivity index (χ0n) is 17.1. The Morgan fingerprint density at radius 1 is 1.07 bits per heavy atom. The van der Waals surface area contributed by atoms with Gasteiger partial charge in [-0.1, -0.05) is 43.3 Å². The molecule has 6 heteroatoms. The zero-order valence-corrected chi connectivity index (χ0v) is 17.9. The van der Waals surface area contributed by atoms with Crippen molar-refractivity contribution in [3.63, 3.8) is 0 Å². The van der Waals surface area contributed by atoms with Crippen molar-refractivity contribution in [2.75, 3.05) is 13.6 Å². The summed E-state index contributed by atoms with van der Waals surface area (Å²) in [6, 6.07) is 14.5. The average Bonchev–Trinajstić information content (AvgIpc) is 2.68. The number of benzene rings is 2. The minimum absolute atomic E-state index is 0.0300. The van der Waals surface area contributed by atoms with Crippen molar-refractivity contribution in [2.24, 2.45) is 0 Å². The summed E-state index contributed by atoms with van der Waals surface area (Å²) in [4.78, 5) is 12.6. The van der Waals surface area contributed by atoms with Gasteiger partial charge in [0.2, 0.25) is 15.9 Å². The highest BCUT2D eigenvalue weighted by molar-refractivity contribution is 7.89. The lowest BCUT2D eigenvalue weighted by Gasteiger charge is -2.20. The molecule has 0 aromatic heterocycles. The van der Waals surface area contributed by atoms with Gasteiger partial charge >= 0.3 is 0 Å². The number of hydrogen-bond donors (Lipinski definition) is 1. The number of hydrogen-bond acceptors (Lipinski definition) is 3. The molecule has 0 aliphatic heterocycles. The maximum absolute atomic E-state index is 12.5. The van der Waals surface area contributed by atoms with Gasteiger partial charge in [0.05, 0.1) is 10.9 Å². The Labute approximate surface area is 168 Å². The second kappa shape index (κ2) is 9.85. The number of rotatable bonds is 9. The van der Waals surface area contributed by atoms with Crippen LogP contribution in [-0.4, -0.2) is 32.2 Å². The first kappa shape index (κ1) is 22.1. The zero-order chi connectivity index (χ0) is 20.7. The first-order chi connectivity index (χ1) is 13.3. The van der Waals surface area contributed by atoms with Crippen molar-refractivity contribution < 1.29 is 13.2 Å². The molecule has 0 bridgehead atoms. The van der Waals surface area contributed by atoms with Crippen molar-refractivity contribution >= 4 is 15.9 Å². The number of nitrogens with zero attached hydrogens (tertiary/aromatic N) is 1. The Morgan fingerprint density at radius 2 is 1.75 bits per heavy atom. The maximum Gasteiger partial charge on any atom is 0.242 e. The van der Waals surface area contributed by atoms with Crippen molar-refractivity contribution in [3.8, 4) is 0 Å². The van der Waals surface area contributed by atoms with Crippen LogP contribution in [0.3, 0.4) is 0 Å². The number of sulfonamides is 1. The third kappa shape index (κ3) is 5.66. The Balaban J connectivity index is 1.88. The molecule has 152 valence electrons. The second-order valence-electron chi connectivity index (χ2n) is 7.12. The third-order valence-corrected chi connectivity index (χ3v) is 6.88. The highest BCUT2D eigenvalue weighted by Crippen LogP contribution is 2.20. The smallest absolute Gasteiger partial charge is 0.242 e. The van der Waals surface area contributed by atoms with Crippen LogP contribution in [0.1, 0.15) is 48.9 Å². The molecule has 0 saturated carbocycles. The Bertz CT molecular complexity index is 895. The summed E-state index contributed by atoms with van der Waals surface area (Å²) in [7, 11) is -1.97. The molecule has 0 spiro atoms. The van der Waals surface area contributed by atoms with Crippen LogP contribution in [0.4, 0.5) is 0 Å². The van der Waals surface area contributed by atoms with Crippen LogP contribution >= 0.6 is 0 Å². The molecular weight excluding hydrogens is 372 g/mol. The van der Waals surface area contributed by atoms with Gasteiger partial charge in [-0.05, 0) is 55.5 Å². The van der Waals surface area contributed by atoms with Gasteiger partial charge < -0.3 is 5.32 Å². The van der Waals surface area contributed by atoms with Gasteiger partial charge in [0, 0.05) is 20.0 Å². The largest absolute Gasteiger partial charge is 0.349 e. The topological polar surface area (TPSA) is 66.5 Å². The summed E-state index contributed by atoms with van der Waals surface area (Å²) in [5.41, 5.74) is 3.54. The summed E-state index contributed by atoms with van der Waals surface area (Å²) in [5, 5.41) is 3.07. The van der Waals surface area contributed by atoms with Gasteiger partial charge in [0.1, 0.15) is 0 Å². The van der Waals surface area contributed by atoms with E-state index in [1.165, 1.54) is 15.4 Å². The van der Waals surface area contributed by atoms with Gasteiger partial charge in [-0.2, -0.15) is 0 Å². The van der Waals surface area contributed by atoms with Crippen LogP contribution in [0.15, 0.2) is 53.4 Å². The summed E-state index contributed by atoms with van der Waals surface area (Å²) < 4.78 is 26.3. The second-order valence-corrected chi connectivity index (χ2v) is 9.16. The molecule has 1 atom stereocenters. The Kier molecular flexibility index (Phi) is 7.78. The van der Waals surface area contributed by atoms with Gasteiger partial charge in [-0.3, -0.25) is 4.79 Å². The highest BCUT2D eigenvalue weighted by atomic mass is 32.2. The Morgan fingerprint density at radius 3 is 2.36 bits per heavy atom. The van der Waals surface area contributed by atoms with Crippen molar-refractivity contribution in [1.82, 2.24) is 9.62 Å². The van der Waals surface area contributed by atoms with Crippen molar-refractivity contribution in [3.05, 3.63) is 65.2 Å². The van der Waals surface area contributed by atoms with Crippen LogP contribution in [0, 0.1) is 13.8 Å². The molecule has 1 N–H and O–H groups in total. The molecule has 0 aliphatic rings. The molecule has 0 unspecified atom stereocenters. The van der Waals surface area contributed by atoms with E-state index in [-0.39, 0.29) is 23.3 Å². The summed E-state index contributed by atoms with van der Waals surface area (Å²) in [6.07, 6.45) is 1.56. The van der Waals surface area contributed by atoms with Crippen LogP contribution in [-0.2, 0) is 14.8 Å². The quantitative estimate of drug-likeness (QED) is 0.690. The molecule has 0 aliphatic carbocycles. The number of amides is 1. The lowest BCUT2D eigenvalue weighted by Crippen LogP contribution is -2.31. The van der Waals surface area contributed by atoms with Gasteiger partial charge in [-0.25, -0.2) is 12.7 Å². The fourth-order valence-corrected chi connectivity index (χ4v) is 4.25. The van der Waals surface area contributed by atoms with E-state index >= 15 is 0 Å². The van der Waals surface area contributed by atoms with Crippen molar-refractivity contribution in [1.29, 1.82) is 0 Å². The summed E-state index contributed by atoms with van der Waals surface area (Å²) >= 11 is 0. The number of aryl methyl sites for hydroxylation is 2. The minimum atomic E-state index is -3.51. The van der Waals surface area contributed by atoms with E-state index in [1.54, 1.807) is 37.4 Å². The van der Waals surface area contributed by atoms with Crippen LogP contribution in [0.2, 0.25) is 0 Å². The lowest BCUT2D eigenvalue weighted by molar-refractivity contribution is -0.122. The van der Waals surface area contributed by atoms with E-state index in [9.17, 15) is 13.2 Å². The molecule has 0 heterocycles. The van der Waals surface area contributed by atoms with E-state index < -0.39 is 10.0 Å². The average molecular weight is 403 g/mol. The van der Waals surface area contributed by atoms with E-state index in [1.807, 2.05) is 6.92 Å². The van der Waals surface area contributed by atoms with E-state index in [4.69, 9.17) is 0 Å². The molecule has 2 rings (SSSR count). The molecular formula is C22H30N2O3S. The summed E-state index contributed by atoms with van der Waals surface area (Å²) in [5.74, 6) is -0.0596. The monoisotopic (exact) mass is 402 g/mol. The molecule has 0 saturated heterocycles. The molecule has 5 nitrogen and oxygen atoms in total. The van der Waals surface area contributed by atoms with Gasteiger partial charge in [0.15, 0.2) is 0 Å². The number of carbonyl (C=O) groups excluding carboxylic acids is 1. The fourth-order valence-electron chi connectivity index (χ4n) is 3.02. The normalized spacial score (nSPS) is 12.8. The molecule has 2 aromatic carbocycles. The van der Waals surface area contributed by atoms with Gasteiger partial charge in [-0.15, -0.1) is 0 Å². The first-order valence-electron chi connectivity index (χ1n) is 9.63. The first-order valence-corrected chi connectivity index (χ1v) is 11.1. The fraction of sp³-hybridized carbons (Fsp3) is 0.409. The van der Waals surface area contributed by atoms with Crippen LogP contribution in [0.25, 0.3) is 0 Å². The number of nitrogens with one attached hydrogen (secondary N) is 1. The van der Waals surface area contributed by atoms with E-state index in [0.29, 0.717) is 13.0 Å². The standard InChI is InChI=1S/C22H30N2O3S/c1-5-21(19-14-13-17(2)18(3)16-19)23-22(25)12-9-15-24(4)28(26,27)20-10-7-6-8-11-20/h6-8,10-11,13-14,16,21H,5,9,12,15H2,1-4H3,(H,23,25)/t21-/m1/s1. The lowest BCUT2D eigenvalue weighted by atomic mass is 9.99. The molecule has 28 heavy (non-hydrogen) atoms.